The van der Waals surface area contributed by atoms with Gasteiger partial charge in [0.2, 0.25) is 0 Å². The molecule has 24 heavy (non-hydrogen) atoms. The zero-order valence-corrected chi connectivity index (χ0v) is 12.3. The number of halogens is 1. The minimum atomic E-state index is -1.74. The fraction of sp³-hybridized carbons (Fsp3) is 0.400. The van der Waals surface area contributed by atoms with E-state index in [1.54, 1.807) is 0 Å². The van der Waals surface area contributed by atoms with E-state index in [1.807, 2.05) is 0 Å². The molecule has 0 spiro atoms. The third-order valence-electron chi connectivity index (χ3n) is 4.65. The fourth-order valence-corrected chi connectivity index (χ4v) is 3.59. The first-order valence-electron chi connectivity index (χ1n) is 7.22. The van der Waals surface area contributed by atoms with Gasteiger partial charge in [-0.2, -0.15) is 0 Å². The molecule has 2 aliphatic carbocycles. The van der Waals surface area contributed by atoms with Crippen molar-refractivity contribution in [3.8, 4) is 0 Å². The van der Waals surface area contributed by atoms with Gasteiger partial charge >= 0.3 is 18.0 Å². The summed E-state index contributed by atoms with van der Waals surface area (Å²) < 4.78 is 18.2. The van der Waals surface area contributed by atoms with Crippen LogP contribution in [0.4, 0.5) is 14.9 Å². The molecule has 2 aliphatic rings. The highest BCUT2D eigenvalue weighted by Crippen LogP contribution is 2.62. The van der Waals surface area contributed by atoms with Crippen LogP contribution in [0, 0.1) is 23.6 Å². The van der Waals surface area contributed by atoms with E-state index >= 15 is 0 Å². The van der Waals surface area contributed by atoms with Crippen LogP contribution in [-0.2, 0) is 14.3 Å². The summed E-state index contributed by atoms with van der Waals surface area (Å²) in [5.41, 5.74) is 4.26. The lowest BCUT2D eigenvalue weighted by Gasteiger charge is -2.24. The summed E-state index contributed by atoms with van der Waals surface area (Å²) in [6, 6.07) is 5.13. The van der Waals surface area contributed by atoms with E-state index in [9.17, 15) is 23.9 Å². The number of fused-ring (bicyclic) bond motifs is 1. The van der Waals surface area contributed by atoms with Crippen LogP contribution in [-0.4, -0.2) is 39.9 Å². The normalized spacial score (nSPS) is 33.4. The lowest BCUT2D eigenvalue weighted by Crippen LogP contribution is -2.51. The first-order chi connectivity index (χ1) is 11.2. The van der Waals surface area contributed by atoms with Crippen LogP contribution in [0.15, 0.2) is 24.3 Å². The van der Waals surface area contributed by atoms with Gasteiger partial charge in [0.25, 0.3) is 0 Å². The van der Waals surface area contributed by atoms with Crippen LogP contribution >= 0.6 is 0 Å². The topological polar surface area (TPSA) is 139 Å². The summed E-state index contributed by atoms with van der Waals surface area (Å²) in [4.78, 5) is 34.5. The number of benzene rings is 1. The Morgan fingerprint density at radius 3 is 2.62 bits per heavy atom. The zero-order chi connectivity index (χ0) is 17.6. The van der Waals surface area contributed by atoms with Crippen LogP contribution in [0.2, 0.25) is 0 Å². The maximum Gasteiger partial charge on any atom is 0.411 e. The minimum Gasteiger partial charge on any atom is -0.481 e. The Hall–Kier alpha value is -2.68. The van der Waals surface area contributed by atoms with Gasteiger partial charge in [-0.1, -0.05) is 6.07 Å². The number of nitrogens with one attached hydrogen (secondary N) is 1. The summed E-state index contributed by atoms with van der Waals surface area (Å²) >= 11 is 0. The molecule has 0 radical (unpaired) electrons. The second-order valence-electron chi connectivity index (χ2n) is 6.10. The van der Waals surface area contributed by atoms with Crippen molar-refractivity contribution in [2.45, 2.75) is 18.1 Å². The van der Waals surface area contributed by atoms with E-state index in [-0.39, 0.29) is 12.1 Å². The Morgan fingerprint density at radius 1 is 1.33 bits per heavy atom. The first-order valence-corrected chi connectivity index (χ1v) is 7.22. The summed E-state index contributed by atoms with van der Waals surface area (Å²) in [6.45, 7) is 0. The monoisotopic (exact) mass is 338 g/mol. The second-order valence-corrected chi connectivity index (χ2v) is 6.10. The second kappa shape index (κ2) is 5.45. The molecule has 5 atom stereocenters. The van der Waals surface area contributed by atoms with E-state index < -0.39 is 53.2 Å². The van der Waals surface area contributed by atoms with E-state index in [0.717, 1.165) is 6.07 Å². The van der Waals surface area contributed by atoms with Crippen molar-refractivity contribution >= 4 is 23.7 Å². The number of hydrogen-bond donors (Lipinski definition) is 4. The van der Waals surface area contributed by atoms with Crippen molar-refractivity contribution in [3.63, 3.8) is 0 Å². The number of anilines is 1. The Morgan fingerprint density at radius 2 is 2.04 bits per heavy atom. The van der Waals surface area contributed by atoms with Crippen LogP contribution in [0.5, 0.6) is 0 Å². The number of hydrogen-bond acceptors (Lipinski definition) is 5. The molecular weight excluding hydrogens is 323 g/mol. The number of aliphatic carboxylic acids is 2. The molecule has 0 aliphatic heterocycles. The number of carboxylic acids is 2. The van der Waals surface area contributed by atoms with Gasteiger partial charge in [-0.05, 0) is 18.2 Å². The van der Waals surface area contributed by atoms with Crippen molar-refractivity contribution in [1.82, 2.24) is 0 Å². The molecule has 1 aromatic carbocycles. The molecule has 128 valence electrons. The molecule has 5 unspecified atom stereocenters. The predicted molar refractivity (Wildman–Crippen MR) is 77.6 cm³/mol. The SMILES string of the molecule is NC1(C(=O)O)CC(OC(=O)Nc2cccc(F)c2)C2C(C(=O)O)C21. The molecule has 2 saturated carbocycles. The molecule has 0 saturated heterocycles. The molecule has 0 aromatic heterocycles. The molecule has 0 heterocycles. The van der Waals surface area contributed by atoms with Crippen LogP contribution in [0.25, 0.3) is 0 Å². The zero-order valence-electron chi connectivity index (χ0n) is 12.3. The summed E-state index contributed by atoms with van der Waals surface area (Å²) in [6.07, 6.45) is -2.02. The van der Waals surface area contributed by atoms with Crippen molar-refractivity contribution < 1.29 is 33.7 Å². The Balaban J connectivity index is 1.70. The van der Waals surface area contributed by atoms with Crippen molar-refractivity contribution in [2.75, 3.05) is 5.32 Å². The molecule has 2 fully saturated rings. The van der Waals surface area contributed by atoms with E-state index in [1.165, 1.54) is 18.2 Å². The largest absolute Gasteiger partial charge is 0.481 e. The fourth-order valence-electron chi connectivity index (χ4n) is 3.59. The van der Waals surface area contributed by atoms with E-state index in [2.05, 4.69) is 5.32 Å². The lowest BCUT2D eigenvalue weighted by molar-refractivity contribution is -0.146. The Labute approximate surface area is 135 Å². The number of ether oxygens (including phenoxy) is 1. The van der Waals surface area contributed by atoms with Gasteiger partial charge in [-0.3, -0.25) is 14.9 Å². The van der Waals surface area contributed by atoms with Gasteiger partial charge in [0.1, 0.15) is 17.5 Å². The standard InChI is InChI=1S/C15H15FN2O6/c16-6-2-1-3-7(4-6)18-14(23)24-8-5-15(17,13(21)22)11-9(8)10(11)12(19)20/h1-4,8-11H,5,17H2,(H,18,23)(H,19,20)(H,21,22). The molecule has 1 aromatic rings. The maximum absolute atomic E-state index is 13.1. The van der Waals surface area contributed by atoms with Crippen LogP contribution in [0.3, 0.4) is 0 Å². The van der Waals surface area contributed by atoms with Crippen LogP contribution in [0.1, 0.15) is 6.42 Å². The predicted octanol–water partition coefficient (Wildman–Crippen LogP) is 0.875. The highest BCUT2D eigenvalue weighted by molar-refractivity contribution is 5.87. The number of nitrogens with two attached hydrogens (primary N) is 1. The molecule has 3 rings (SSSR count). The lowest BCUT2D eigenvalue weighted by atomic mass is 9.91. The molecular formula is C15H15FN2O6. The van der Waals surface area contributed by atoms with Gasteiger partial charge in [0.05, 0.1) is 5.92 Å². The average molecular weight is 338 g/mol. The first kappa shape index (κ1) is 16.2. The quantitative estimate of drug-likeness (QED) is 0.639. The van der Waals surface area contributed by atoms with Crippen molar-refractivity contribution in [1.29, 1.82) is 0 Å². The molecule has 0 bridgehead atoms. The van der Waals surface area contributed by atoms with Crippen molar-refractivity contribution in [3.05, 3.63) is 30.1 Å². The maximum atomic E-state index is 13.1. The Bertz CT molecular complexity index is 726. The van der Waals surface area contributed by atoms with Crippen molar-refractivity contribution in [2.24, 2.45) is 23.5 Å². The molecule has 9 heteroatoms. The average Bonchev–Trinajstić information content (AvgIpc) is 3.16. The highest BCUT2D eigenvalue weighted by atomic mass is 19.1. The molecule has 5 N–H and O–H groups in total. The van der Waals surface area contributed by atoms with Gasteiger partial charge in [-0.15, -0.1) is 0 Å². The van der Waals surface area contributed by atoms with Gasteiger partial charge in [0.15, 0.2) is 0 Å². The minimum absolute atomic E-state index is 0.164. The summed E-state index contributed by atoms with van der Waals surface area (Å²) in [5, 5.41) is 20.7. The third-order valence-corrected chi connectivity index (χ3v) is 4.65. The van der Waals surface area contributed by atoms with Gasteiger partial charge in [0, 0.05) is 23.9 Å². The number of amides is 1. The number of carbonyl (C=O) groups excluding carboxylic acids is 1. The van der Waals surface area contributed by atoms with E-state index in [4.69, 9.17) is 15.6 Å². The highest BCUT2D eigenvalue weighted by Gasteiger charge is 2.75. The van der Waals surface area contributed by atoms with Gasteiger partial charge < -0.3 is 20.7 Å². The van der Waals surface area contributed by atoms with E-state index in [0.29, 0.717) is 0 Å². The third kappa shape index (κ3) is 2.56. The van der Waals surface area contributed by atoms with Crippen LogP contribution < -0.4 is 11.1 Å². The number of carbonyl (C=O) groups is 3. The Kier molecular flexibility index (Phi) is 3.67. The molecule has 8 nitrogen and oxygen atoms in total. The smallest absolute Gasteiger partial charge is 0.411 e. The number of carboxylic acid groups (broad SMARTS) is 2. The molecule has 1 amide bonds. The van der Waals surface area contributed by atoms with Gasteiger partial charge in [-0.25, -0.2) is 9.18 Å². The summed E-state index contributed by atoms with van der Waals surface area (Å²) in [7, 11) is 0. The number of rotatable bonds is 4. The summed E-state index contributed by atoms with van der Waals surface area (Å²) in [5.74, 6) is -5.40.